The van der Waals surface area contributed by atoms with E-state index in [1.165, 1.54) is 0 Å². The summed E-state index contributed by atoms with van der Waals surface area (Å²) in [6.07, 6.45) is 1.72. The van der Waals surface area contributed by atoms with Crippen LogP contribution in [-0.4, -0.2) is 36.0 Å². The summed E-state index contributed by atoms with van der Waals surface area (Å²) in [5.74, 6) is 1.16. The monoisotopic (exact) mass is 223 g/mol. The van der Waals surface area contributed by atoms with Gasteiger partial charge in [-0.25, -0.2) is 4.98 Å². The summed E-state index contributed by atoms with van der Waals surface area (Å²) in [5, 5.41) is 8.51. The van der Waals surface area contributed by atoms with Crippen LogP contribution in [-0.2, 0) is 4.79 Å². The summed E-state index contributed by atoms with van der Waals surface area (Å²) < 4.78 is 0. The first-order valence-corrected chi connectivity index (χ1v) is 5.19. The number of likely N-dealkylation sites (N-methyl/N-ethyl adjacent to an activating group) is 1. The van der Waals surface area contributed by atoms with Gasteiger partial charge in [-0.2, -0.15) is 4.98 Å². The van der Waals surface area contributed by atoms with E-state index in [2.05, 4.69) is 25.9 Å². The minimum atomic E-state index is -0.0805. The number of carbonyl (C=O) groups excluding carboxylic acids is 1. The largest absolute Gasteiger partial charge is 0.361 e. The van der Waals surface area contributed by atoms with E-state index in [-0.39, 0.29) is 12.5 Å². The van der Waals surface area contributed by atoms with Crippen LogP contribution >= 0.6 is 0 Å². The molecular weight excluding hydrogens is 206 g/mol. The Hall–Kier alpha value is -1.85. The Morgan fingerprint density at radius 3 is 2.81 bits per heavy atom. The van der Waals surface area contributed by atoms with E-state index in [9.17, 15) is 4.79 Å². The van der Waals surface area contributed by atoms with Gasteiger partial charge in [-0.1, -0.05) is 0 Å². The lowest BCUT2D eigenvalue weighted by molar-refractivity contribution is -0.118. The average molecular weight is 223 g/mol. The van der Waals surface area contributed by atoms with Gasteiger partial charge in [-0.3, -0.25) is 4.79 Å². The fraction of sp³-hybridized carbons (Fsp3) is 0.500. The van der Waals surface area contributed by atoms with Gasteiger partial charge in [-0.15, -0.1) is 0 Å². The van der Waals surface area contributed by atoms with E-state index in [0.29, 0.717) is 11.8 Å². The SMILES string of the molecule is CCNc1ncc(C)c(NCC(=O)NC)n1. The van der Waals surface area contributed by atoms with Crippen LogP contribution < -0.4 is 16.0 Å². The summed E-state index contributed by atoms with van der Waals surface area (Å²) in [7, 11) is 1.60. The maximum absolute atomic E-state index is 11.1. The Labute approximate surface area is 94.9 Å². The third-order valence-electron chi connectivity index (χ3n) is 2.00. The highest BCUT2D eigenvalue weighted by molar-refractivity contribution is 5.80. The van der Waals surface area contributed by atoms with Crippen molar-refractivity contribution in [1.29, 1.82) is 0 Å². The minimum Gasteiger partial charge on any atom is -0.361 e. The van der Waals surface area contributed by atoms with Gasteiger partial charge < -0.3 is 16.0 Å². The first-order valence-electron chi connectivity index (χ1n) is 5.19. The fourth-order valence-corrected chi connectivity index (χ4v) is 1.12. The summed E-state index contributed by atoms with van der Waals surface area (Å²) in [5.41, 5.74) is 0.908. The van der Waals surface area contributed by atoms with E-state index < -0.39 is 0 Å². The Balaban J connectivity index is 2.70. The van der Waals surface area contributed by atoms with Crippen molar-refractivity contribution in [3.05, 3.63) is 11.8 Å². The highest BCUT2D eigenvalue weighted by Gasteiger charge is 2.04. The lowest BCUT2D eigenvalue weighted by Crippen LogP contribution is -2.26. The molecule has 1 amide bonds. The summed E-state index contributed by atoms with van der Waals surface area (Å²) >= 11 is 0. The Morgan fingerprint density at radius 1 is 1.44 bits per heavy atom. The Bertz CT molecular complexity index is 366. The minimum absolute atomic E-state index is 0.0805. The summed E-state index contributed by atoms with van der Waals surface area (Å²) in [6, 6.07) is 0. The molecule has 0 aliphatic carbocycles. The predicted octanol–water partition coefficient (Wildman–Crippen LogP) is 0.375. The van der Waals surface area contributed by atoms with Crippen molar-refractivity contribution >= 4 is 17.7 Å². The Morgan fingerprint density at radius 2 is 2.19 bits per heavy atom. The average Bonchev–Trinajstić information content (AvgIpc) is 2.29. The zero-order chi connectivity index (χ0) is 12.0. The van der Waals surface area contributed by atoms with Gasteiger partial charge in [0.1, 0.15) is 5.82 Å². The van der Waals surface area contributed by atoms with Crippen molar-refractivity contribution in [3.8, 4) is 0 Å². The van der Waals surface area contributed by atoms with Crippen LogP contribution in [0.1, 0.15) is 12.5 Å². The van der Waals surface area contributed by atoms with E-state index in [1.807, 2.05) is 13.8 Å². The lowest BCUT2D eigenvalue weighted by Gasteiger charge is -2.09. The molecular formula is C10H17N5O. The number of anilines is 2. The zero-order valence-electron chi connectivity index (χ0n) is 9.79. The van der Waals surface area contributed by atoms with Crippen LogP contribution in [0.4, 0.5) is 11.8 Å². The number of rotatable bonds is 5. The number of aromatic nitrogens is 2. The molecule has 0 spiro atoms. The first kappa shape index (κ1) is 12.2. The van der Waals surface area contributed by atoms with Crippen molar-refractivity contribution in [1.82, 2.24) is 15.3 Å². The molecule has 0 saturated heterocycles. The van der Waals surface area contributed by atoms with E-state index in [4.69, 9.17) is 0 Å². The molecule has 0 fully saturated rings. The Kier molecular flexibility index (Phi) is 4.50. The highest BCUT2D eigenvalue weighted by Crippen LogP contribution is 2.11. The molecule has 0 radical (unpaired) electrons. The molecule has 0 aliphatic rings. The number of nitrogens with one attached hydrogen (secondary N) is 3. The molecule has 0 saturated carbocycles. The summed E-state index contributed by atoms with van der Waals surface area (Å²) in [4.78, 5) is 19.4. The molecule has 6 heteroatoms. The number of aryl methyl sites for hydroxylation is 1. The molecule has 1 aromatic heterocycles. The molecule has 16 heavy (non-hydrogen) atoms. The van der Waals surface area contributed by atoms with Crippen LogP contribution in [0.2, 0.25) is 0 Å². The molecule has 1 rings (SSSR count). The smallest absolute Gasteiger partial charge is 0.239 e. The second-order valence-electron chi connectivity index (χ2n) is 3.28. The van der Waals surface area contributed by atoms with Crippen LogP contribution in [0.15, 0.2) is 6.20 Å². The molecule has 0 atom stereocenters. The molecule has 3 N–H and O–H groups in total. The molecule has 1 heterocycles. The van der Waals surface area contributed by atoms with Crippen molar-refractivity contribution in [3.63, 3.8) is 0 Å². The summed E-state index contributed by atoms with van der Waals surface area (Å²) in [6.45, 7) is 4.83. The second-order valence-corrected chi connectivity index (χ2v) is 3.28. The van der Waals surface area contributed by atoms with Crippen molar-refractivity contribution in [2.75, 3.05) is 30.8 Å². The normalized spacial score (nSPS) is 9.69. The van der Waals surface area contributed by atoms with Gasteiger partial charge in [0.15, 0.2) is 0 Å². The van der Waals surface area contributed by atoms with Gasteiger partial charge in [0.2, 0.25) is 11.9 Å². The molecule has 0 aliphatic heterocycles. The topological polar surface area (TPSA) is 78.9 Å². The van der Waals surface area contributed by atoms with Crippen LogP contribution in [0.25, 0.3) is 0 Å². The fourth-order valence-electron chi connectivity index (χ4n) is 1.12. The van der Waals surface area contributed by atoms with Gasteiger partial charge in [0.25, 0.3) is 0 Å². The maximum Gasteiger partial charge on any atom is 0.239 e. The molecule has 0 bridgehead atoms. The highest BCUT2D eigenvalue weighted by atomic mass is 16.1. The van der Waals surface area contributed by atoms with Crippen molar-refractivity contribution in [2.45, 2.75) is 13.8 Å². The third-order valence-corrected chi connectivity index (χ3v) is 2.00. The van der Waals surface area contributed by atoms with Crippen molar-refractivity contribution < 1.29 is 4.79 Å². The molecule has 1 aromatic rings. The standard InChI is InChI=1S/C10H17N5O/c1-4-12-10-14-5-7(2)9(15-10)13-6-8(16)11-3/h5H,4,6H2,1-3H3,(H,11,16)(H2,12,13,14,15). The maximum atomic E-state index is 11.1. The third kappa shape index (κ3) is 3.38. The van der Waals surface area contributed by atoms with Crippen molar-refractivity contribution in [2.24, 2.45) is 0 Å². The van der Waals surface area contributed by atoms with Crippen LogP contribution in [0.5, 0.6) is 0 Å². The number of hydrogen-bond donors (Lipinski definition) is 3. The predicted molar refractivity (Wildman–Crippen MR) is 63.5 cm³/mol. The van der Waals surface area contributed by atoms with E-state index >= 15 is 0 Å². The lowest BCUT2D eigenvalue weighted by atomic mass is 10.3. The van der Waals surface area contributed by atoms with Gasteiger partial charge in [0.05, 0.1) is 6.54 Å². The van der Waals surface area contributed by atoms with Gasteiger partial charge in [-0.05, 0) is 13.8 Å². The molecule has 0 unspecified atom stereocenters. The quantitative estimate of drug-likeness (QED) is 0.672. The van der Waals surface area contributed by atoms with Gasteiger partial charge >= 0.3 is 0 Å². The molecule has 88 valence electrons. The van der Waals surface area contributed by atoms with Crippen LogP contribution in [0.3, 0.4) is 0 Å². The second kappa shape index (κ2) is 5.89. The first-order chi connectivity index (χ1) is 7.67. The molecule has 0 aromatic carbocycles. The van der Waals surface area contributed by atoms with Gasteiger partial charge in [0, 0.05) is 25.4 Å². The van der Waals surface area contributed by atoms with E-state index in [1.54, 1.807) is 13.2 Å². The number of carbonyl (C=O) groups is 1. The number of amides is 1. The molecule has 6 nitrogen and oxygen atoms in total. The number of nitrogens with zero attached hydrogens (tertiary/aromatic N) is 2. The number of hydrogen-bond acceptors (Lipinski definition) is 5. The zero-order valence-corrected chi connectivity index (χ0v) is 9.79. The van der Waals surface area contributed by atoms with E-state index in [0.717, 1.165) is 12.1 Å². The van der Waals surface area contributed by atoms with Crippen LogP contribution in [0, 0.1) is 6.92 Å².